The lowest BCUT2D eigenvalue weighted by Gasteiger charge is -2.68. The fraction of sp³-hybridized carbons (Fsp3) is 0.333. The van der Waals surface area contributed by atoms with Gasteiger partial charge in [0, 0.05) is 12.3 Å². The number of benzene rings is 3. The van der Waals surface area contributed by atoms with Gasteiger partial charge in [0.25, 0.3) is 0 Å². The van der Waals surface area contributed by atoms with Crippen LogP contribution in [0.2, 0.25) is 0 Å². The first-order chi connectivity index (χ1) is 14.2. The third-order valence-corrected chi connectivity index (χ3v) is 7.77. The summed E-state index contributed by atoms with van der Waals surface area (Å²) in [5, 5.41) is 11.9. The number of ether oxygens (including phenoxy) is 1. The van der Waals surface area contributed by atoms with Crippen molar-refractivity contribution in [3.63, 3.8) is 0 Å². The fourth-order valence-electron chi connectivity index (χ4n) is 6.61. The molecule has 146 valence electrons. The van der Waals surface area contributed by atoms with E-state index in [2.05, 4.69) is 91.0 Å². The number of hydrogen-bond acceptors (Lipinski definition) is 2. The van der Waals surface area contributed by atoms with Crippen LogP contribution in [0.15, 0.2) is 91.0 Å². The molecule has 0 radical (unpaired) electrons. The highest BCUT2D eigenvalue weighted by Crippen LogP contribution is 2.70. The number of rotatable bonds is 3. The smallest absolute Gasteiger partial charge is 0.170 e. The molecule has 6 atom stereocenters. The Balaban J connectivity index is 1.51. The Bertz CT molecular complexity index is 965. The van der Waals surface area contributed by atoms with Gasteiger partial charge in [0.15, 0.2) is 5.79 Å². The van der Waals surface area contributed by atoms with Gasteiger partial charge in [-0.15, -0.1) is 0 Å². The summed E-state index contributed by atoms with van der Waals surface area (Å²) < 4.78 is 6.70. The van der Waals surface area contributed by atoms with Crippen molar-refractivity contribution in [2.75, 3.05) is 0 Å². The van der Waals surface area contributed by atoms with E-state index in [4.69, 9.17) is 4.74 Å². The van der Waals surface area contributed by atoms with Crippen molar-refractivity contribution < 1.29 is 9.84 Å². The largest absolute Gasteiger partial charge is 0.365 e. The third kappa shape index (κ3) is 2.49. The summed E-state index contributed by atoms with van der Waals surface area (Å²) in [5.74, 6) is 0.0992. The lowest BCUT2D eigenvalue weighted by atomic mass is 9.48. The van der Waals surface area contributed by atoms with Gasteiger partial charge in [-0.2, -0.15) is 0 Å². The highest BCUT2D eigenvalue weighted by molar-refractivity contribution is 5.37. The van der Waals surface area contributed by atoms with Crippen LogP contribution in [0.4, 0.5) is 0 Å². The zero-order chi connectivity index (χ0) is 19.5. The van der Waals surface area contributed by atoms with E-state index in [1.54, 1.807) is 0 Å². The van der Waals surface area contributed by atoms with Crippen LogP contribution in [-0.2, 0) is 10.3 Å². The number of hydrogen-bond donors (Lipinski definition) is 1. The topological polar surface area (TPSA) is 29.5 Å². The van der Waals surface area contributed by atoms with Crippen LogP contribution >= 0.6 is 0 Å². The summed E-state index contributed by atoms with van der Waals surface area (Å²) in [5.41, 5.74) is 3.43. The van der Waals surface area contributed by atoms with E-state index in [9.17, 15) is 5.11 Å². The summed E-state index contributed by atoms with van der Waals surface area (Å²) in [4.78, 5) is 0. The molecule has 4 bridgehead atoms. The SMILES string of the molecule is O[C@]12CC(c3ccccc3)C3CC1C(c1ccccc1)C[C@]3(c1ccccc1)O2. The van der Waals surface area contributed by atoms with Crippen LogP contribution in [-0.4, -0.2) is 10.9 Å². The Morgan fingerprint density at radius 1 is 0.655 bits per heavy atom. The highest BCUT2D eigenvalue weighted by atomic mass is 16.6. The highest BCUT2D eigenvalue weighted by Gasteiger charge is 2.69. The van der Waals surface area contributed by atoms with Crippen LogP contribution in [0.3, 0.4) is 0 Å². The minimum absolute atomic E-state index is 0.153. The average Bonchev–Trinajstić information content (AvgIpc) is 2.79. The minimum atomic E-state index is -1.08. The summed E-state index contributed by atoms with van der Waals surface area (Å²) in [6.45, 7) is 0. The van der Waals surface area contributed by atoms with Crippen molar-refractivity contribution in [2.24, 2.45) is 11.8 Å². The molecule has 5 fully saturated rings. The summed E-state index contributed by atoms with van der Waals surface area (Å²) in [6, 6.07) is 32.1. The van der Waals surface area contributed by atoms with Crippen molar-refractivity contribution in [2.45, 2.75) is 42.5 Å². The second-order valence-corrected chi connectivity index (χ2v) is 9.09. The molecule has 8 rings (SSSR count). The molecule has 0 spiro atoms. The second-order valence-electron chi connectivity index (χ2n) is 9.09. The molecule has 3 heterocycles. The van der Waals surface area contributed by atoms with Crippen LogP contribution < -0.4 is 0 Å². The van der Waals surface area contributed by atoms with Crippen molar-refractivity contribution >= 4 is 0 Å². The van der Waals surface area contributed by atoms with Crippen LogP contribution in [0.5, 0.6) is 0 Å². The van der Waals surface area contributed by atoms with Crippen LogP contribution in [0.1, 0.15) is 47.8 Å². The van der Waals surface area contributed by atoms with E-state index >= 15 is 0 Å². The van der Waals surface area contributed by atoms with E-state index in [1.165, 1.54) is 16.7 Å². The molecule has 2 saturated carbocycles. The maximum Gasteiger partial charge on any atom is 0.170 e. The lowest BCUT2D eigenvalue weighted by Crippen LogP contribution is -2.69. The first kappa shape index (κ1) is 17.4. The van der Waals surface area contributed by atoms with Crippen LogP contribution in [0.25, 0.3) is 0 Å². The number of aliphatic hydroxyl groups is 1. The molecule has 3 aromatic carbocycles. The van der Waals surface area contributed by atoms with E-state index < -0.39 is 11.4 Å². The molecule has 5 aliphatic rings. The molecule has 2 aliphatic carbocycles. The Morgan fingerprint density at radius 2 is 1.17 bits per heavy atom. The average molecular weight is 383 g/mol. The van der Waals surface area contributed by atoms with E-state index in [0.717, 1.165) is 12.8 Å². The molecule has 3 aromatic rings. The molecule has 3 saturated heterocycles. The quantitative estimate of drug-likeness (QED) is 0.639. The molecular formula is C27H26O2. The van der Waals surface area contributed by atoms with Crippen molar-refractivity contribution in [1.82, 2.24) is 0 Å². The fourth-order valence-corrected chi connectivity index (χ4v) is 6.61. The van der Waals surface area contributed by atoms with E-state index in [1.807, 2.05) is 0 Å². The molecule has 1 N–H and O–H groups in total. The zero-order valence-corrected chi connectivity index (χ0v) is 16.4. The Hall–Kier alpha value is -2.42. The van der Waals surface area contributed by atoms with Gasteiger partial charge in [-0.1, -0.05) is 91.0 Å². The molecule has 3 aliphatic heterocycles. The van der Waals surface area contributed by atoms with Crippen molar-refractivity contribution in [3.05, 3.63) is 108 Å². The van der Waals surface area contributed by atoms with Gasteiger partial charge < -0.3 is 9.84 Å². The molecule has 0 amide bonds. The van der Waals surface area contributed by atoms with Gasteiger partial charge >= 0.3 is 0 Å². The standard InChI is InChI=1S/C27H26O2/c28-27-18-23(20-12-6-2-7-13-20)24-16-25(27)22(19-10-4-1-5-11-19)17-26(24,29-27)21-14-8-3-9-15-21/h1-15,22-25,28H,16-18H2/t22?,23?,24?,25?,26-,27+/m1/s1. The van der Waals surface area contributed by atoms with E-state index in [-0.39, 0.29) is 5.92 Å². The molecular weight excluding hydrogens is 356 g/mol. The summed E-state index contributed by atoms with van der Waals surface area (Å²) in [7, 11) is 0. The Morgan fingerprint density at radius 3 is 1.72 bits per heavy atom. The predicted molar refractivity (Wildman–Crippen MR) is 113 cm³/mol. The Kier molecular flexibility index (Phi) is 3.78. The first-order valence-electron chi connectivity index (χ1n) is 10.8. The normalized spacial score (nSPS) is 37.6. The molecule has 2 nitrogen and oxygen atoms in total. The lowest BCUT2D eigenvalue weighted by molar-refractivity contribution is -0.405. The molecule has 2 heteroatoms. The third-order valence-electron chi connectivity index (χ3n) is 7.77. The molecule has 4 unspecified atom stereocenters. The first-order valence-corrected chi connectivity index (χ1v) is 10.8. The van der Waals surface area contributed by atoms with Gasteiger partial charge in [0.2, 0.25) is 0 Å². The summed E-state index contributed by atoms with van der Waals surface area (Å²) >= 11 is 0. The maximum absolute atomic E-state index is 11.9. The van der Waals surface area contributed by atoms with Gasteiger partial charge in [0.1, 0.15) is 5.60 Å². The van der Waals surface area contributed by atoms with E-state index in [0.29, 0.717) is 24.2 Å². The van der Waals surface area contributed by atoms with Gasteiger partial charge in [-0.05, 0) is 47.3 Å². The monoisotopic (exact) mass is 382 g/mol. The maximum atomic E-state index is 11.9. The van der Waals surface area contributed by atoms with Crippen molar-refractivity contribution in [1.29, 1.82) is 0 Å². The van der Waals surface area contributed by atoms with Gasteiger partial charge in [-0.25, -0.2) is 0 Å². The minimum Gasteiger partial charge on any atom is -0.365 e. The summed E-state index contributed by atoms with van der Waals surface area (Å²) in [6.07, 6.45) is 2.62. The van der Waals surface area contributed by atoms with Gasteiger partial charge in [0.05, 0.1) is 0 Å². The molecule has 29 heavy (non-hydrogen) atoms. The van der Waals surface area contributed by atoms with Crippen molar-refractivity contribution in [3.8, 4) is 0 Å². The van der Waals surface area contributed by atoms with Gasteiger partial charge in [-0.3, -0.25) is 0 Å². The Labute approximate surface area is 172 Å². The second kappa shape index (κ2) is 6.29. The molecule has 0 aromatic heterocycles. The predicted octanol–water partition coefficient (Wildman–Crippen LogP) is 5.60. The van der Waals surface area contributed by atoms with Crippen LogP contribution in [0, 0.1) is 11.8 Å². The number of fused-ring (bicyclic) bond motifs is 2. The zero-order valence-electron chi connectivity index (χ0n) is 16.4.